The molecule has 0 radical (unpaired) electrons. The molecule has 0 amide bonds. The van der Waals surface area contributed by atoms with Crippen molar-refractivity contribution in [1.82, 2.24) is 10.3 Å². The van der Waals surface area contributed by atoms with Crippen molar-refractivity contribution in [2.24, 2.45) is 0 Å². The number of aryl methyl sites for hydroxylation is 1. The highest BCUT2D eigenvalue weighted by molar-refractivity contribution is 5.55. The molecule has 0 bridgehead atoms. The number of likely N-dealkylation sites (N-methyl/N-ethyl adjacent to an activating group) is 1. The zero-order valence-electron chi connectivity index (χ0n) is 8.73. The molecule has 5 nitrogen and oxygen atoms in total. The summed E-state index contributed by atoms with van der Waals surface area (Å²) in [6.45, 7) is 2.55. The number of nitro groups is 1. The number of aromatic nitrogens is 1. The van der Waals surface area contributed by atoms with E-state index in [0.717, 1.165) is 17.8 Å². The van der Waals surface area contributed by atoms with Gasteiger partial charge in [0.2, 0.25) is 0 Å². The highest BCUT2D eigenvalue weighted by Gasteiger charge is 2.07. The quantitative estimate of drug-likeness (QED) is 0.600. The lowest BCUT2D eigenvalue weighted by molar-refractivity contribution is -0.385. The molecule has 1 aromatic heterocycles. The second kappa shape index (κ2) is 5.21. The predicted molar refractivity (Wildman–Crippen MR) is 58.6 cm³/mol. The number of hydrogen-bond acceptors (Lipinski definition) is 4. The SMILES string of the molecule is CNCC=Cc1cc([N+](=O)[O-])cnc1C. The smallest absolute Gasteiger partial charge is 0.288 e. The van der Waals surface area contributed by atoms with Gasteiger partial charge in [-0.1, -0.05) is 12.2 Å². The normalized spacial score (nSPS) is 10.8. The van der Waals surface area contributed by atoms with Crippen molar-refractivity contribution in [3.8, 4) is 0 Å². The fourth-order valence-corrected chi connectivity index (χ4v) is 1.11. The Morgan fingerprint density at radius 2 is 2.40 bits per heavy atom. The summed E-state index contributed by atoms with van der Waals surface area (Å²) in [5, 5.41) is 13.5. The van der Waals surface area contributed by atoms with Crippen LogP contribution in [-0.4, -0.2) is 23.5 Å². The Bertz CT molecular complexity index is 388. The average molecular weight is 207 g/mol. The Morgan fingerprint density at radius 1 is 1.67 bits per heavy atom. The van der Waals surface area contributed by atoms with Crippen LogP contribution in [0.25, 0.3) is 6.08 Å². The van der Waals surface area contributed by atoms with Gasteiger partial charge < -0.3 is 5.32 Å². The van der Waals surface area contributed by atoms with E-state index in [1.807, 2.05) is 26.1 Å². The summed E-state index contributed by atoms with van der Waals surface area (Å²) >= 11 is 0. The second-order valence-electron chi connectivity index (χ2n) is 3.09. The van der Waals surface area contributed by atoms with E-state index in [-0.39, 0.29) is 5.69 Å². The van der Waals surface area contributed by atoms with Crippen molar-refractivity contribution in [2.45, 2.75) is 6.92 Å². The molecule has 1 N–H and O–H groups in total. The predicted octanol–water partition coefficient (Wildman–Crippen LogP) is 1.53. The van der Waals surface area contributed by atoms with E-state index in [4.69, 9.17) is 0 Å². The van der Waals surface area contributed by atoms with E-state index in [0.29, 0.717) is 0 Å². The Labute approximate surface area is 88.0 Å². The lowest BCUT2D eigenvalue weighted by atomic mass is 10.2. The zero-order valence-corrected chi connectivity index (χ0v) is 8.73. The van der Waals surface area contributed by atoms with Crippen molar-refractivity contribution in [3.63, 3.8) is 0 Å². The van der Waals surface area contributed by atoms with Gasteiger partial charge in [0.05, 0.1) is 4.92 Å². The largest absolute Gasteiger partial charge is 0.316 e. The molecule has 5 heteroatoms. The van der Waals surface area contributed by atoms with E-state index in [1.54, 1.807) is 0 Å². The Morgan fingerprint density at radius 3 is 3.00 bits per heavy atom. The second-order valence-corrected chi connectivity index (χ2v) is 3.09. The first-order valence-corrected chi connectivity index (χ1v) is 4.57. The molecule has 0 aliphatic rings. The summed E-state index contributed by atoms with van der Waals surface area (Å²) in [7, 11) is 1.84. The summed E-state index contributed by atoms with van der Waals surface area (Å²) in [4.78, 5) is 14.0. The molecule has 1 rings (SSSR count). The van der Waals surface area contributed by atoms with Gasteiger partial charge in [-0.25, -0.2) is 0 Å². The number of pyridine rings is 1. The van der Waals surface area contributed by atoms with Gasteiger partial charge in [0, 0.05) is 23.9 Å². The van der Waals surface area contributed by atoms with Crippen LogP contribution in [0.4, 0.5) is 5.69 Å². The van der Waals surface area contributed by atoms with Crippen LogP contribution in [0.1, 0.15) is 11.3 Å². The summed E-state index contributed by atoms with van der Waals surface area (Å²) in [5.41, 5.74) is 1.58. The molecule has 0 fully saturated rings. The van der Waals surface area contributed by atoms with Gasteiger partial charge in [-0.3, -0.25) is 15.1 Å². The molecular weight excluding hydrogens is 194 g/mol. The van der Waals surface area contributed by atoms with E-state index in [2.05, 4.69) is 10.3 Å². The highest BCUT2D eigenvalue weighted by Crippen LogP contribution is 2.15. The van der Waals surface area contributed by atoms with Crippen LogP contribution in [0, 0.1) is 17.0 Å². The van der Waals surface area contributed by atoms with Crippen LogP contribution in [-0.2, 0) is 0 Å². The van der Waals surface area contributed by atoms with Crippen molar-refractivity contribution in [1.29, 1.82) is 0 Å². The zero-order chi connectivity index (χ0) is 11.3. The summed E-state index contributed by atoms with van der Waals surface area (Å²) in [6.07, 6.45) is 4.99. The van der Waals surface area contributed by atoms with E-state index in [9.17, 15) is 10.1 Å². The third-order valence-corrected chi connectivity index (χ3v) is 1.94. The van der Waals surface area contributed by atoms with Crippen LogP contribution < -0.4 is 5.32 Å². The summed E-state index contributed by atoms with van der Waals surface area (Å²) in [6, 6.07) is 1.52. The monoisotopic (exact) mass is 207 g/mol. The van der Waals surface area contributed by atoms with Gasteiger partial charge in [0.15, 0.2) is 0 Å². The van der Waals surface area contributed by atoms with Gasteiger partial charge in [0.1, 0.15) is 6.20 Å². The lowest BCUT2D eigenvalue weighted by Gasteiger charge is -1.99. The van der Waals surface area contributed by atoms with Crippen LogP contribution in [0.5, 0.6) is 0 Å². The number of nitrogens with zero attached hydrogens (tertiary/aromatic N) is 2. The molecule has 1 heterocycles. The Kier molecular flexibility index (Phi) is 3.93. The van der Waals surface area contributed by atoms with Gasteiger partial charge in [-0.15, -0.1) is 0 Å². The minimum Gasteiger partial charge on any atom is -0.316 e. The van der Waals surface area contributed by atoms with Crippen LogP contribution in [0.3, 0.4) is 0 Å². The maximum Gasteiger partial charge on any atom is 0.288 e. The fraction of sp³-hybridized carbons (Fsp3) is 0.300. The third-order valence-electron chi connectivity index (χ3n) is 1.94. The maximum absolute atomic E-state index is 10.5. The number of rotatable bonds is 4. The van der Waals surface area contributed by atoms with Crippen LogP contribution >= 0.6 is 0 Å². The van der Waals surface area contributed by atoms with Crippen LogP contribution in [0.15, 0.2) is 18.3 Å². The van der Waals surface area contributed by atoms with E-state index in [1.165, 1.54) is 12.3 Å². The number of nitrogens with one attached hydrogen (secondary N) is 1. The molecule has 0 spiro atoms. The van der Waals surface area contributed by atoms with E-state index < -0.39 is 4.92 Å². The van der Waals surface area contributed by atoms with Gasteiger partial charge in [-0.05, 0) is 14.0 Å². The molecule has 1 aromatic rings. The van der Waals surface area contributed by atoms with Crippen LogP contribution in [0.2, 0.25) is 0 Å². The van der Waals surface area contributed by atoms with Crippen molar-refractivity contribution in [2.75, 3.05) is 13.6 Å². The molecule has 0 unspecified atom stereocenters. The molecule has 0 saturated heterocycles. The van der Waals surface area contributed by atoms with Gasteiger partial charge >= 0.3 is 0 Å². The first kappa shape index (κ1) is 11.3. The molecule has 0 aliphatic carbocycles. The Balaban J connectivity index is 2.95. The first-order chi connectivity index (χ1) is 7.15. The van der Waals surface area contributed by atoms with E-state index >= 15 is 0 Å². The molecule has 80 valence electrons. The Hall–Kier alpha value is -1.75. The summed E-state index contributed by atoms with van der Waals surface area (Å²) in [5.74, 6) is 0. The fourth-order valence-electron chi connectivity index (χ4n) is 1.11. The number of hydrogen-bond donors (Lipinski definition) is 1. The van der Waals surface area contributed by atoms with Gasteiger partial charge in [0.25, 0.3) is 5.69 Å². The molecule has 0 aliphatic heterocycles. The third kappa shape index (κ3) is 3.14. The lowest BCUT2D eigenvalue weighted by Crippen LogP contribution is -2.03. The van der Waals surface area contributed by atoms with Gasteiger partial charge in [-0.2, -0.15) is 0 Å². The van der Waals surface area contributed by atoms with Crippen molar-refractivity contribution in [3.05, 3.63) is 39.7 Å². The molecule has 0 saturated carbocycles. The maximum atomic E-state index is 10.5. The molecular formula is C10H13N3O2. The standard InChI is InChI=1S/C10H13N3O2/c1-8-9(4-3-5-11-2)6-10(7-12-8)13(14)15/h3-4,6-7,11H,5H2,1-2H3. The molecule has 0 atom stereocenters. The molecule has 0 aromatic carbocycles. The highest BCUT2D eigenvalue weighted by atomic mass is 16.6. The minimum absolute atomic E-state index is 0.0182. The van der Waals surface area contributed by atoms with Crippen molar-refractivity contribution < 1.29 is 4.92 Å². The first-order valence-electron chi connectivity index (χ1n) is 4.57. The molecule has 15 heavy (non-hydrogen) atoms. The van der Waals surface area contributed by atoms with Crippen molar-refractivity contribution >= 4 is 11.8 Å². The average Bonchev–Trinajstić information content (AvgIpc) is 2.20. The summed E-state index contributed by atoms with van der Waals surface area (Å²) < 4.78 is 0. The topological polar surface area (TPSA) is 68.1 Å². The minimum atomic E-state index is -0.443.